The Morgan fingerprint density at radius 2 is 1.93 bits per heavy atom. The average molecular weight is 386 g/mol. The van der Waals surface area contributed by atoms with Crippen molar-refractivity contribution in [2.45, 2.75) is 6.92 Å². The number of aromatic nitrogens is 4. The van der Waals surface area contributed by atoms with Gasteiger partial charge in [0.25, 0.3) is 0 Å². The normalized spacial score (nSPS) is 10.9. The molecule has 0 radical (unpaired) electrons. The smallest absolute Gasteiger partial charge is 0.248 e. The van der Waals surface area contributed by atoms with Gasteiger partial charge in [0.1, 0.15) is 17.4 Å². The molecule has 1 amide bonds. The van der Waals surface area contributed by atoms with Crippen LogP contribution in [0.2, 0.25) is 0 Å². The molecule has 3 aromatic heterocycles. The van der Waals surface area contributed by atoms with Gasteiger partial charge in [0.15, 0.2) is 5.82 Å². The third kappa shape index (κ3) is 4.75. The summed E-state index contributed by atoms with van der Waals surface area (Å²) in [6.45, 7) is 1.83. The summed E-state index contributed by atoms with van der Waals surface area (Å²) < 4.78 is 6.83. The Labute approximate surface area is 166 Å². The van der Waals surface area contributed by atoms with Crippen LogP contribution >= 0.6 is 0 Å². The molecule has 8 nitrogen and oxygen atoms in total. The maximum atomic E-state index is 12.0. The monoisotopic (exact) mass is 386 g/mol. The number of hydrogen-bond donors (Lipinski definition) is 2. The second kappa shape index (κ2) is 8.22. The van der Waals surface area contributed by atoms with Crippen molar-refractivity contribution < 1.29 is 9.21 Å². The molecular formula is C21H18N6O2. The molecule has 4 aromatic rings. The van der Waals surface area contributed by atoms with E-state index in [9.17, 15) is 4.79 Å². The minimum atomic E-state index is -0.239. The van der Waals surface area contributed by atoms with Crippen LogP contribution in [0.15, 0.2) is 77.7 Å². The molecule has 0 aliphatic rings. The first-order chi connectivity index (χ1) is 14.2. The second-order valence-electron chi connectivity index (χ2n) is 6.15. The minimum Gasteiger partial charge on any atom is -0.465 e. The lowest BCUT2D eigenvalue weighted by Gasteiger charge is -2.09. The van der Waals surface area contributed by atoms with Crippen molar-refractivity contribution in [1.29, 1.82) is 0 Å². The summed E-state index contributed by atoms with van der Waals surface area (Å²) in [4.78, 5) is 20.8. The topological polar surface area (TPSA) is 97.9 Å². The Bertz CT molecular complexity index is 1120. The number of nitrogens with one attached hydrogen (secondary N) is 2. The quantitative estimate of drug-likeness (QED) is 0.487. The molecule has 144 valence electrons. The predicted octanol–water partition coefficient (Wildman–Crippen LogP) is 3.96. The van der Waals surface area contributed by atoms with Gasteiger partial charge in [-0.15, -0.1) is 0 Å². The second-order valence-corrected chi connectivity index (χ2v) is 6.15. The number of rotatable bonds is 6. The SMILES string of the molecule is Cc1nc(Nc2ccc(NC(=O)/C=C/c3ccco3)cc2)cc(-n2cccn2)n1. The molecule has 3 heterocycles. The summed E-state index contributed by atoms with van der Waals surface area (Å²) in [6, 6.07) is 14.5. The van der Waals surface area contributed by atoms with Crippen LogP contribution in [0.1, 0.15) is 11.6 Å². The Kier molecular flexibility index (Phi) is 5.15. The zero-order chi connectivity index (χ0) is 20.1. The van der Waals surface area contributed by atoms with Crippen LogP contribution in [0.25, 0.3) is 11.9 Å². The summed E-state index contributed by atoms with van der Waals surface area (Å²) >= 11 is 0. The van der Waals surface area contributed by atoms with Gasteiger partial charge in [-0.1, -0.05) is 0 Å². The number of hydrogen-bond acceptors (Lipinski definition) is 6. The molecular weight excluding hydrogens is 368 g/mol. The highest BCUT2D eigenvalue weighted by Crippen LogP contribution is 2.19. The predicted molar refractivity (Wildman–Crippen MR) is 110 cm³/mol. The van der Waals surface area contributed by atoms with Gasteiger partial charge in [0.05, 0.1) is 6.26 Å². The first-order valence-electron chi connectivity index (χ1n) is 8.91. The maximum Gasteiger partial charge on any atom is 0.248 e. The Balaban J connectivity index is 1.41. The molecule has 8 heteroatoms. The van der Waals surface area contributed by atoms with Crippen LogP contribution in [0, 0.1) is 6.92 Å². The number of benzene rings is 1. The third-order valence-electron chi connectivity index (χ3n) is 3.93. The molecule has 2 N–H and O–H groups in total. The summed E-state index contributed by atoms with van der Waals surface area (Å²) in [6.07, 6.45) is 8.11. The van der Waals surface area contributed by atoms with Gasteiger partial charge < -0.3 is 15.1 Å². The van der Waals surface area contributed by atoms with E-state index < -0.39 is 0 Å². The Hall–Kier alpha value is -4.20. The molecule has 0 aliphatic carbocycles. The molecule has 0 unspecified atom stereocenters. The van der Waals surface area contributed by atoms with E-state index in [1.165, 1.54) is 6.08 Å². The highest BCUT2D eigenvalue weighted by molar-refractivity contribution is 6.01. The lowest BCUT2D eigenvalue weighted by atomic mass is 10.2. The van der Waals surface area contributed by atoms with Crippen molar-refractivity contribution in [1.82, 2.24) is 19.7 Å². The molecule has 0 saturated heterocycles. The zero-order valence-electron chi connectivity index (χ0n) is 15.6. The van der Waals surface area contributed by atoms with Crippen molar-refractivity contribution in [3.05, 3.63) is 84.8 Å². The van der Waals surface area contributed by atoms with Crippen LogP contribution in [0.4, 0.5) is 17.2 Å². The molecule has 0 aliphatic heterocycles. The number of carbonyl (C=O) groups excluding carboxylic acids is 1. The first kappa shape index (κ1) is 18.2. The van der Waals surface area contributed by atoms with E-state index in [1.807, 2.05) is 49.5 Å². The van der Waals surface area contributed by atoms with Crippen molar-refractivity contribution >= 4 is 29.2 Å². The van der Waals surface area contributed by atoms with E-state index in [4.69, 9.17) is 4.42 Å². The molecule has 0 saturated carbocycles. The number of amides is 1. The number of aryl methyl sites for hydroxylation is 1. The number of furan rings is 1. The molecule has 0 spiro atoms. The molecule has 1 aromatic carbocycles. The fourth-order valence-corrected chi connectivity index (χ4v) is 2.65. The molecule has 4 rings (SSSR count). The Morgan fingerprint density at radius 3 is 2.66 bits per heavy atom. The summed E-state index contributed by atoms with van der Waals surface area (Å²) in [7, 11) is 0. The van der Waals surface area contributed by atoms with E-state index in [1.54, 1.807) is 35.4 Å². The lowest BCUT2D eigenvalue weighted by molar-refractivity contribution is -0.111. The van der Waals surface area contributed by atoms with Gasteiger partial charge in [-0.3, -0.25) is 4.79 Å². The first-order valence-corrected chi connectivity index (χ1v) is 8.91. The summed E-state index contributed by atoms with van der Waals surface area (Å²) in [5, 5.41) is 10.2. The highest BCUT2D eigenvalue weighted by atomic mass is 16.3. The minimum absolute atomic E-state index is 0.239. The number of anilines is 3. The summed E-state index contributed by atoms with van der Waals surface area (Å²) in [5.74, 6) is 2.35. The molecule has 0 bridgehead atoms. The largest absolute Gasteiger partial charge is 0.465 e. The third-order valence-corrected chi connectivity index (χ3v) is 3.93. The molecule has 29 heavy (non-hydrogen) atoms. The van der Waals surface area contributed by atoms with Crippen LogP contribution in [0.5, 0.6) is 0 Å². The highest BCUT2D eigenvalue weighted by Gasteiger charge is 2.05. The fraction of sp³-hybridized carbons (Fsp3) is 0.0476. The van der Waals surface area contributed by atoms with Crippen molar-refractivity contribution in [3.8, 4) is 5.82 Å². The van der Waals surface area contributed by atoms with E-state index in [0.29, 0.717) is 28.9 Å². The van der Waals surface area contributed by atoms with E-state index in [0.717, 1.165) is 5.69 Å². The van der Waals surface area contributed by atoms with E-state index in [2.05, 4.69) is 25.7 Å². The average Bonchev–Trinajstić information content (AvgIpc) is 3.42. The van der Waals surface area contributed by atoms with Gasteiger partial charge >= 0.3 is 0 Å². The van der Waals surface area contributed by atoms with Crippen molar-refractivity contribution in [3.63, 3.8) is 0 Å². The van der Waals surface area contributed by atoms with Crippen LogP contribution in [-0.4, -0.2) is 25.7 Å². The van der Waals surface area contributed by atoms with Crippen molar-refractivity contribution in [2.24, 2.45) is 0 Å². The van der Waals surface area contributed by atoms with Gasteiger partial charge in [0.2, 0.25) is 5.91 Å². The molecule has 0 atom stereocenters. The van der Waals surface area contributed by atoms with Crippen LogP contribution < -0.4 is 10.6 Å². The zero-order valence-corrected chi connectivity index (χ0v) is 15.6. The lowest BCUT2D eigenvalue weighted by Crippen LogP contribution is -2.07. The van der Waals surface area contributed by atoms with Gasteiger partial charge in [-0.25, -0.2) is 14.6 Å². The van der Waals surface area contributed by atoms with Crippen LogP contribution in [0.3, 0.4) is 0 Å². The Morgan fingerprint density at radius 1 is 1.10 bits per heavy atom. The van der Waals surface area contributed by atoms with Gasteiger partial charge in [-0.05, 0) is 55.5 Å². The van der Waals surface area contributed by atoms with E-state index >= 15 is 0 Å². The van der Waals surface area contributed by atoms with Crippen molar-refractivity contribution in [2.75, 3.05) is 10.6 Å². The van der Waals surface area contributed by atoms with Gasteiger partial charge in [0, 0.05) is 35.9 Å². The number of nitrogens with zero attached hydrogens (tertiary/aromatic N) is 4. The van der Waals surface area contributed by atoms with E-state index in [-0.39, 0.29) is 5.91 Å². The maximum absolute atomic E-state index is 12.0. The fourth-order valence-electron chi connectivity index (χ4n) is 2.65. The standard InChI is InChI=1S/C21H18N6O2/c1-15-23-19(14-20(24-15)27-12-3-11-22-27)25-16-5-7-17(8-6-16)26-21(28)10-9-18-4-2-13-29-18/h2-14H,1H3,(H,26,28)(H,23,24,25)/b10-9+. The molecule has 0 fully saturated rings. The van der Waals surface area contributed by atoms with Gasteiger partial charge in [-0.2, -0.15) is 5.10 Å². The number of carbonyl (C=O) groups is 1. The summed E-state index contributed by atoms with van der Waals surface area (Å²) in [5.41, 5.74) is 1.51. The van der Waals surface area contributed by atoms with Crippen LogP contribution in [-0.2, 0) is 4.79 Å².